The molecule has 1 aromatic rings. The van der Waals surface area contributed by atoms with Crippen molar-refractivity contribution in [3.63, 3.8) is 0 Å². The van der Waals surface area contributed by atoms with Gasteiger partial charge in [-0.05, 0) is 6.07 Å². The second-order valence-corrected chi connectivity index (χ2v) is 2.22. The van der Waals surface area contributed by atoms with Crippen LogP contribution in [0.4, 0.5) is 4.39 Å². The van der Waals surface area contributed by atoms with Gasteiger partial charge < -0.3 is 4.74 Å². The van der Waals surface area contributed by atoms with Gasteiger partial charge in [-0.15, -0.1) is 0 Å². The van der Waals surface area contributed by atoms with E-state index in [-0.39, 0.29) is 17.9 Å². The lowest BCUT2D eigenvalue weighted by Gasteiger charge is -2.03. The molecule has 0 N–H and O–H groups in total. The van der Waals surface area contributed by atoms with Crippen molar-refractivity contribution in [1.82, 2.24) is 0 Å². The summed E-state index contributed by atoms with van der Waals surface area (Å²) in [6, 6.07) is 4.60. The van der Waals surface area contributed by atoms with Crippen molar-refractivity contribution in [3.8, 4) is 5.75 Å². The molecule has 0 heterocycles. The molecule has 0 fully saturated rings. The van der Waals surface area contributed by atoms with E-state index in [4.69, 9.17) is 4.74 Å². The van der Waals surface area contributed by atoms with E-state index in [9.17, 15) is 9.30 Å². The number of ether oxygens (including phenoxy) is 1. The third-order valence-electron chi connectivity index (χ3n) is 1.50. The van der Waals surface area contributed by atoms with Gasteiger partial charge in [-0.3, -0.25) is 0 Å². The number of halogens is 1. The molecule has 0 aliphatic rings. The minimum absolute atomic E-state index is 0.135. The van der Waals surface area contributed by atoms with Crippen LogP contribution in [-0.4, -0.2) is 7.11 Å². The maximum absolute atomic E-state index is 13.1. The van der Waals surface area contributed by atoms with Gasteiger partial charge in [0, 0.05) is 5.56 Å². The molecule has 0 saturated carbocycles. The van der Waals surface area contributed by atoms with Gasteiger partial charge in [0.1, 0.15) is 6.54 Å². The molecule has 0 radical (unpaired) electrons. The average Bonchev–Trinajstić information content (AvgIpc) is 2.09. The van der Waals surface area contributed by atoms with E-state index in [1.807, 2.05) is 0 Å². The Morgan fingerprint density at radius 2 is 2.33 bits per heavy atom. The Balaban J connectivity index is 3.04. The number of nitroso groups, excluding NO2 is 1. The van der Waals surface area contributed by atoms with Crippen LogP contribution in [-0.2, 0) is 6.54 Å². The smallest absolute Gasteiger partial charge is 0.170 e. The number of nitrogens with zero attached hydrogens (tertiary/aromatic N) is 1. The van der Waals surface area contributed by atoms with Gasteiger partial charge in [0.15, 0.2) is 11.6 Å². The van der Waals surface area contributed by atoms with Gasteiger partial charge in [0.25, 0.3) is 0 Å². The lowest BCUT2D eigenvalue weighted by atomic mass is 10.2. The summed E-state index contributed by atoms with van der Waals surface area (Å²) in [5.41, 5.74) is 0.254. The Bertz CT molecular complexity index is 288. The summed E-state index contributed by atoms with van der Waals surface area (Å²) in [5, 5.41) is 2.60. The molecular weight excluding hydrogens is 161 g/mol. The van der Waals surface area contributed by atoms with Crippen LogP contribution in [0.5, 0.6) is 5.75 Å². The monoisotopic (exact) mass is 169 g/mol. The molecule has 0 atom stereocenters. The van der Waals surface area contributed by atoms with Crippen molar-refractivity contribution in [2.45, 2.75) is 6.54 Å². The van der Waals surface area contributed by atoms with E-state index in [0.717, 1.165) is 0 Å². The first-order chi connectivity index (χ1) is 5.79. The standard InChI is InChI=1S/C8H8FNO2/c1-12-7-4-2-3-6(5-10-11)8(7)9/h2-4H,5H2,1H3. The van der Waals surface area contributed by atoms with Crippen LogP contribution < -0.4 is 4.74 Å². The molecule has 0 unspecified atom stereocenters. The van der Waals surface area contributed by atoms with Gasteiger partial charge in [0.2, 0.25) is 0 Å². The van der Waals surface area contributed by atoms with Crippen LogP contribution in [0.25, 0.3) is 0 Å². The molecule has 0 aliphatic carbocycles. The number of hydrogen-bond acceptors (Lipinski definition) is 3. The molecule has 0 spiro atoms. The van der Waals surface area contributed by atoms with Crippen molar-refractivity contribution in [2.75, 3.05) is 7.11 Å². The third kappa shape index (κ3) is 1.58. The molecule has 64 valence electrons. The average molecular weight is 169 g/mol. The van der Waals surface area contributed by atoms with Gasteiger partial charge in [0.05, 0.1) is 7.11 Å². The summed E-state index contributed by atoms with van der Waals surface area (Å²) in [5.74, 6) is -0.379. The lowest BCUT2D eigenvalue weighted by molar-refractivity contribution is 0.384. The molecular formula is C8H8FNO2. The number of rotatable bonds is 3. The predicted molar refractivity (Wildman–Crippen MR) is 42.5 cm³/mol. The van der Waals surface area contributed by atoms with Crippen LogP contribution in [0, 0.1) is 10.7 Å². The van der Waals surface area contributed by atoms with Crippen molar-refractivity contribution >= 4 is 0 Å². The summed E-state index contributed by atoms with van der Waals surface area (Å²) in [7, 11) is 1.37. The van der Waals surface area contributed by atoms with E-state index in [2.05, 4.69) is 5.18 Å². The predicted octanol–water partition coefficient (Wildman–Crippen LogP) is 2.10. The highest BCUT2D eigenvalue weighted by Gasteiger charge is 2.07. The summed E-state index contributed by atoms with van der Waals surface area (Å²) in [6.07, 6.45) is 0. The fourth-order valence-electron chi connectivity index (χ4n) is 0.906. The zero-order chi connectivity index (χ0) is 8.97. The minimum atomic E-state index is -0.514. The lowest BCUT2D eigenvalue weighted by Crippen LogP contribution is -1.92. The zero-order valence-corrected chi connectivity index (χ0v) is 6.58. The van der Waals surface area contributed by atoms with Gasteiger partial charge in [-0.1, -0.05) is 17.3 Å². The van der Waals surface area contributed by atoms with Crippen molar-refractivity contribution in [2.24, 2.45) is 5.18 Å². The normalized spacial score (nSPS) is 9.50. The largest absolute Gasteiger partial charge is 0.494 e. The maximum Gasteiger partial charge on any atom is 0.170 e. The first-order valence-electron chi connectivity index (χ1n) is 3.40. The highest BCUT2D eigenvalue weighted by atomic mass is 19.1. The van der Waals surface area contributed by atoms with Crippen LogP contribution >= 0.6 is 0 Å². The van der Waals surface area contributed by atoms with Crippen LogP contribution in [0.1, 0.15) is 5.56 Å². The number of methoxy groups -OCH3 is 1. The maximum atomic E-state index is 13.1. The van der Waals surface area contributed by atoms with Crippen LogP contribution in [0.3, 0.4) is 0 Å². The Morgan fingerprint density at radius 1 is 1.58 bits per heavy atom. The first-order valence-corrected chi connectivity index (χ1v) is 3.40. The molecule has 0 bridgehead atoms. The molecule has 1 aromatic carbocycles. The summed E-state index contributed by atoms with van der Waals surface area (Å²) in [4.78, 5) is 9.87. The van der Waals surface area contributed by atoms with Gasteiger partial charge in [-0.25, -0.2) is 4.39 Å². The quantitative estimate of drug-likeness (QED) is 0.650. The third-order valence-corrected chi connectivity index (χ3v) is 1.50. The summed E-state index contributed by atoms with van der Waals surface area (Å²) >= 11 is 0. The highest BCUT2D eigenvalue weighted by Crippen LogP contribution is 2.20. The van der Waals surface area contributed by atoms with Crippen molar-refractivity contribution < 1.29 is 9.13 Å². The minimum Gasteiger partial charge on any atom is -0.494 e. The van der Waals surface area contributed by atoms with Crippen molar-refractivity contribution in [3.05, 3.63) is 34.5 Å². The Morgan fingerprint density at radius 3 is 2.92 bits per heavy atom. The highest BCUT2D eigenvalue weighted by molar-refractivity contribution is 5.30. The molecule has 4 heteroatoms. The molecule has 12 heavy (non-hydrogen) atoms. The molecule has 0 aliphatic heterocycles. The Labute approximate surface area is 69.1 Å². The van der Waals surface area contributed by atoms with E-state index >= 15 is 0 Å². The fraction of sp³-hybridized carbons (Fsp3) is 0.250. The van der Waals surface area contributed by atoms with E-state index in [0.29, 0.717) is 0 Å². The molecule has 1 rings (SSSR count). The SMILES string of the molecule is COc1cccc(CN=O)c1F. The number of benzene rings is 1. The summed E-state index contributed by atoms with van der Waals surface area (Å²) in [6.45, 7) is -0.164. The van der Waals surface area contributed by atoms with Gasteiger partial charge in [-0.2, -0.15) is 4.91 Å². The topological polar surface area (TPSA) is 38.7 Å². The van der Waals surface area contributed by atoms with Crippen LogP contribution in [0.2, 0.25) is 0 Å². The molecule has 0 saturated heterocycles. The van der Waals surface area contributed by atoms with E-state index in [1.54, 1.807) is 6.07 Å². The van der Waals surface area contributed by atoms with E-state index < -0.39 is 5.82 Å². The molecule has 0 amide bonds. The summed E-state index contributed by atoms with van der Waals surface area (Å²) < 4.78 is 17.8. The fourth-order valence-corrected chi connectivity index (χ4v) is 0.906. The number of hydrogen-bond donors (Lipinski definition) is 0. The van der Waals surface area contributed by atoms with E-state index in [1.165, 1.54) is 19.2 Å². The molecule has 0 aromatic heterocycles. The Hall–Kier alpha value is -1.45. The zero-order valence-electron chi connectivity index (χ0n) is 6.58. The second-order valence-electron chi connectivity index (χ2n) is 2.22. The first kappa shape index (κ1) is 8.64. The van der Waals surface area contributed by atoms with Crippen LogP contribution in [0.15, 0.2) is 23.4 Å². The Kier molecular flexibility index (Phi) is 2.74. The molecule has 3 nitrogen and oxygen atoms in total. The van der Waals surface area contributed by atoms with Crippen molar-refractivity contribution in [1.29, 1.82) is 0 Å². The second kappa shape index (κ2) is 3.80. The van der Waals surface area contributed by atoms with Gasteiger partial charge >= 0.3 is 0 Å².